The van der Waals surface area contributed by atoms with E-state index in [9.17, 15) is 13.2 Å². The van der Waals surface area contributed by atoms with Crippen LogP contribution in [0.5, 0.6) is 0 Å². The predicted molar refractivity (Wildman–Crippen MR) is 71.2 cm³/mol. The molecule has 0 saturated heterocycles. The molecule has 2 aromatic carbocycles. The summed E-state index contributed by atoms with van der Waals surface area (Å²) in [6, 6.07) is 5.73. The Morgan fingerprint density at radius 2 is 1.74 bits per heavy atom. The van der Waals surface area contributed by atoms with Gasteiger partial charge < -0.3 is 5.73 Å². The van der Waals surface area contributed by atoms with Crippen LogP contribution in [0.1, 0.15) is 22.7 Å². The minimum absolute atomic E-state index is 0.0656. The highest BCUT2D eigenvalue weighted by molar-refractivity contribution is 9.10. The number of benzene rings is 2. The molecule has 2 rings (SSSR count). The van der Waals surface area contributed by atoms with Gasteiger partial charge >= 0.3 is 0 Å². The van der Waals surface area contributed by atoms with Crippen LogP contribution in [0.15, 0.2) is 34.8 Å². The molecule has 0 amide bonds. The van der Waals surface area contributed by atoms with Crippen LogP contribution >= 0.6 is 15.9 Å². The molecule has 0 aliphatic rings. The third kappa shape index (κ3) is 2.53. The average molecular weight is 330 g/mol. The van der Waals surface area contributed by atoms with Gasteiger partial charge in [-0.1, -0.05) is 18.2 Å². The van der Waals surface area contributed by atoms with E-state index in [0.29, 0.717) is 5.56 Å². The number of hydrogen-bond donors (Lipinski definition) is 1. The van der Waals surface area contributed by atoms with Crippen molar-refractivity contribution in [2.24, 2.45) is 5.73 Å². The lowest BCUT2D eigenvalue weighted by Gasteiger charge is -2.16. The van der Waals surface area contributed by atoms with Crippen LogP contribution in [-0.2, 0) is 0 Å². The van der Waals surface area contributed by atoms with Crippen molar-refractivity contribution in [3.63, 3.8) is 0 Å². The Kier molecular flexibility index (Phi) is 3.96. The van der Waals surface area contributed by atoms with Crippen LogP contribution in [0.3, 0.4) is 0 Å². The Balaban J connectivity index is 2.59. The van der Waals surface area contributed by atoms with Crippen molar-refractivity contribution >= 4 is 15.9 Å². The summed E-state index contributed by atoms with van der Waals surface area (Å²) in [5.41, 5.74) is 5.91. The van der Waals surface area contributed by atoms with Crippen LogP contribution in [-0.4, -0.2) is 0 Å². The van der Waals surface area contributed by atoms with Crippen molar-refractivity contribution < 1.29 is 13.2 Å². The van der Waals surface area contributed by atoms with E-state index in [0.717, 1.165) is 6.07 Å². The molecule has 2 N–H and O–H groups in total. The second kappa shape index (κ2) is 5.35. The molecule has 0 heterocycles. The van der Waals surface area contributed by atoms with E-state index in [4.69, 9.17) is 5.73 Å². The van der Waals surface area contributed by atoms with Crippen molar-refractivity contribution in [3.8, 4) is 0 Å². The average Bonchev–Trinajstić information content (AvgIpc) is 2.37. The molecule has 0 bridgehead atoms. The fourth-order valence-corrected chi connectivity index (χ4v) is 2.24. The van der Waals surface area contributed by atoms with Gasteiger partial charge in [0.1, 0.15) is 17.5 Å². The first-order valence-electron chi connectivity index (χ1n) is 5.57. The van der Waals surface area contributed by atoms with Gasteiger partial charge in [-0.3, -0.25) is 0 Å². The van der Waals surface area contributed by atoms with E-state index >= 15 is 0 Å². The zero-order valence-electron chi connectivity index (χ0n) is 10.1. The number of halogens is 4. The molecule has 0 fully saturated rings. The van der Waals surface area contributed by atoms with Crippen molar-refractivity contribution in [1.29, 1.82) is 0 Å². The van der Waals surface area contributed by atoms with Gasteiger partial charge in [0.2, 0.25) is 0 Å². The molecule has 0 spiro atoms. The van der Waals surface area contributed by atoms with Crippen molar-refractivity contribution in [2.75, 3.05) is 0 Å². The van der Waals surface area contributed by atoms with E-state index < -0.39 is 23.5 Å². The van der Waals surface area contributed by atoms with Crippen LogP contribution in [0.4, 0.5) is 13.2 Å². The molecular weight excluding hydrogens is 319 g/mol. The van der Waals surface area contributed by atoms with Gasteiger partial charge in [0.25, 0.3) is 0 Å². The first-order valence-corrected chi connectivity index (χ1v) is 6.36. The third-order valence-corrected chi connectivity index (χ3v) is 3.56. The minimum atomic E-state index is -1.20. The monoisotopic (exact) mass is 329 g/mol. The Morgan fingerprint density at radius 1 is 1.05 bits per heavy atom. The summed E-state index contributed by atoms with van der Waals surface area (Å²) in [6.07, 6.45) is 0. The van der Waals surface area contributed by atoms with E-state index in [1.54, 1.807) is 19.1 Å². The Labute approximate surface area is 117 Å². The molecule has 100 valence electrons. The lowest BCUT2D eigenvalue weighted by atomic mass is 9.96. The smallest absolute Gasteiger partial charge is 0.145 e. The Morgan fingerprint density at radius 3 is 2.42 bits per heavy atom. The van der Waals surface area contributed by atoms with Gasteiger partial charge in [-0.15, -0.1) is 0 Å². The van der Waals surface area contributed by atoms with Gasteiger partial charge in [0.05, 0.1) is 10.5 Å². The molecular formula is C14H11BrF3N. The number of rotatable bonds is 2. The van der Waals surface area contributed by atoms with Gasteiger partial charge in [0.15, 0.2) is 0 Å². The molecule has 19 heavy (non-hydrogen) atoms. The summed E-state index contributed by atoms with van der Waals surface area (Å²) in [5, 5.41) is 0. The van der Waals surface area contributed by atoms with Crippen LogP contribution in [0.2, 0.25) is 0 Å². The molecule has 0 aliphatic carbocycles. The maximum absolute atomic E-state index is 14.0. The van der Waals surface area contributed by atoms with E-state index in [2.05, 4.69) is 15.9 Å². The normalized spacial score (nSPS) is 12.5. The zero-order valence-corrected chi connectivity index (χ0v) is 11.6. The molecule has 2 aromatic rings. The molecule has 1 unspecified atom stereocenters. The zero-order chi connectivity index (χ0) is 14.2. The topological polar surface area (TPSA) is 26.0 Å². The van der Waals surface area contributed by atoms with Crippen molar-refractivity contribution in [2.45, 2.75) is 13.0 Å². The van der Waals surface area contributed by atoms with Gasteiger partial charge in [-0.2, -0.15) is 0 Å². The van der Waals surface area contributed by atoms with Crippen molar-refractivity contribution in [3.05, 3.63) is 68.9 Å². The SMILES string of the molecule is Cc1cccc(C(N)c2c(F)ccc(Br)c2F)c1F. The highest BCUT2D eigenvalue weighted by Gasteiger charge is 2.23. The van der Waals surface area contributed by atoms with E-state index in [-0.39, 0.29) is 15.6 Å². The van der Waals surface area contributed by atoms with Crippen LogP contribution in [0.25, 0.3) is 0 Å². The fraction of sp³-hybridized carbons (Fsp3) is 0.143. The Bertz CT molecular complexity index is 628. The first-order chi connectivity index (χ1) is 8.93. The predicted octanol–water partition coefficient (Wildman–Crippen LogP) is 4.22. The molecule has 0 aromatic heterocycles. The fourth-order valence-electron chi connectivity index (χ4n) is 1.89. The van der Waals surface area contributed by atoms with E-state index in [1.807, 2.05) is 0 Å². The molecule has 0 radical (unpaired) electrons. The maximum Gasteiger partial charge on any atom is 0.145 e. The van der Waals surface area contributed by atoms with E-state index in [1.165, 1.54) is 12.1 Å². The summed E-state index contributed by atoms with van der Waals surface area (Å²) in [5.74, 6) is -2.16. The largest absolute Gasteiger partial charge is 0.320 e. The van der Waals surface area contributed by atoms with Crippen molar-refractivity contribution in [1.82, 2.24) is 0 Å². The third-order valence-electron chi connectivity index (χ3n) is 2.95. The molecule has 0 aliphatic heterocycles. The number of nitrogens with two attached hydrogens (primary N) is 1. The van der Waals surface area contributed by atoms with Gasteiger partial charge in [-0.05, 0) is 40.5 Å². The van der Waals surface area contributed by atoms with Crippen LogP contribution < -0.4 is 5.73 Å². The molecule has 1 nitrogen and oxygen atoms in total. The van der Waals surface area contributed by atoms with Gasteiger partial charge in [0, 0.05) is 11.1 Å². The lowest BCUT2D eigenvalue weighted by molar-refractivity contribution is 0.528. The summed E-state index contributed by atoms with van der Waals surface area (Å²) in [7, 11) is 0. The summed E-state index contributed by atoms with van der Waals surface area (Å²) < 4.78 is 41.7. The van der Waals surface area contributed by atoms with Gasteiger partial charge in [-0.25, -0.2) is 13.2 Å². The second-order valence-electron chi connectivity index (χ2n) is 4.21. The lowest BCUT2D eigenvalue weighted by Crippen LogP contribution is -2.17. The molecule has 0 saturated carbocycles. The Hall–Kier alpha value is -1.33. The standard InChI is InChI=1S/C14H11BrF3N/c1-7-3-2-4-8(12(7)17)14(19)11-10(16)6-5-9(15)13(11)18/h2-6,14H,19H2,1H3. The summed E-state index contributed by atoms with van der Waals surface area (Å²) in [4.78, 5) is 0. The second-order valence-corrected chi connectivity index (χ2v) is 5.07. The number of hydrogen-bond acceptors (Lipinski definition) is 1. The first kappa shape index (κ1) is 14.1. The van der Waals surface area contributed by atoms with Crippen LogP contribution in [0, 0.1) is 24.4 Å². The quantitative estimate of drug-likeness (QED) is 0.820. The minimum Gasteiger partial charge on any atom is -0.320 e. The molecule has 5 heteroatoms. The number of aryl methyl sites for hydroxylation is 1. The maximum atomic E-state index is 14.0. The molecule has 1 atom stereocenters. The summed E-state index contributed by atoms with van der Waals surface area (Å²) in [6.45, 7) is 1.57. The highest BCUT2D eigenvalue weighted by Crippen LogP contribution is 2.30. The highest BCUT2D eigenvalue weighted by atomic mass is 79.9. The summed E-state index contributed by atoms with van der Waals surface area (Å²) >= 11 is 2.96.